The predicted molar refractivity (Wildman–Crippen MR) is 39.8 cm³/mol. The molecule has 0 aliphatic carbocycles. The first kappa shape index (κ1) is 7.76. The summed E-state index contributed by atoms with van der Waals surface area (Å²) in [6.07, 6.45) is 4.15. The van der Waals surface area contributed by atoms with Crippen LogP contribution in [-0.2, 0) is 4.74 Å². The number of aliphatic hydroxyl groups excluding tert-OH is 1. The second-order valence-electron chi connectivity index (χ2n) is 2.56. The minimum atomic E-state index is 0.0555. The third-order valence-corrected chi connectivity index (χ3v) is 1.85. The van der Waals surface area contributed by atoms with Crippen LogP contribution in [-0.4, -0.2) is 24.4 Å². The third kappa shape index (κ3) is 1.82. The van der Waals surface area contributed by atoms with Crippen molar-refractivity contribution >= 4 is 0 Å². The first-order chi connectivity index (χ1) is 4.86. The molecule has 0 amide bonds. The van der Waals surface area contributed by atoms with E-state index in [1.54, 1.807) is 0 Å². The molecule has 58 valence electrons. The lowest BCUT2D eigenvalue weighted by molar-refractivity contribution is 0.0204. The lowest BCUT2D eigenvalue weighted by Crippen LogP contribution is -2.22. The molecule has 10 heavy (non-hydrogen) atoms. The van der Waals surface area contributed by atoms with E-state index in [1.807, 2.05) is 0 Å². The van der Waals surface area contributed by atoms with Crippen molar-refractivity contribution in [2.24, 2.45) is 0 Å². The van der Waals surface area contributed by atoms with Crippen LogP contribution >= 0.6 is 0 Å². The van der Waals surface area contributed by atoms with Gasteiger partial charge in [0.2, 0.25) is 0 Å². The monoisotopic (exact) mass is 142 g/mol. The van der Waals surface area contributed by atoms with Crippen LogP contribution in [0.3, 0.4) is 0 Å². The molecule has 2 nitrogen and oxygen atoms in total. The second-order valence-corrected chi connectivity index (χ2v) is 2.56. The SMILES string of the molecule is CCC1=CCOC(CO)C1. The number of hydrogen-bond donors (Lipinski definition) is 1. The standard InChI is InChI=1S/C8H14O2/c1-2-7-3-4-10-8(5-7)6-9/h3,8-9H,2,4-6H2,1H3. The summed E-state index contributed by atoms with van der Waals surface area (Å²) in [5, 5.41) is 8.75. The van der Waals surface area contributed by atoms with Crippen molar-refractivity contribution < 1.29 is 9.84 Å². The first-order valence-corrected chi connectivity index (χ1v) is 3.77. The van der Waals surface area contributed by atoms with Crippen molar-refractivity contribution in [2.45, 2.75) is 25.9 Å². The first-order valence-electron chi connectivity index (χ1n) is 3.77. The molecule has 1 atom stereocenters. The predicted octanol–water partition coefficient (Wildman–Crippen LogP) is 1.10. The van der Waals surface area contributed by atoms with Crippen molar-refractivity contribution in [3.05, 3.63) is 11.6 Å². The highest BCUT2D eigenvalue weighted by atomic mass is 16.5. The maximum absolute atomic E-state index is 8.75. The zero-order chi connectivity index (χ0) is 7.40. The van der Waals surface area contributed by atoms with Crippen LogP contribution in [0.1, 0.15) is 19.8 Å². The van der Waals surface area contributed by atoms with Crippen LogP contribution in [0.5, 0.6) is 0 Å². The molecule has 1 N–H and O–H groups in total. The molecular weight excluding hydrogens is 128 g/mol. The molecule has 1 rings (SSSR count). The highest BCUT2D eigenvalue weighted by molar-refractivity contribution is 5.05. The highest BCUT2D eigenvalue weighted by Crippen LogP contribution is 2.16. The van der Waals surface area contributed by atoms with E-state index in [2.05, 4.69) is 13.0 Å². The lowest BCUT2D eigenvalue weighted by Gasteiger charge is -2.20. The molecule has 0 saturated heterocycles. The highest BCUT2D eigenvalue weighted by Gasteiger charge is 2.12. The van der Waals surface area contributed by atoms with Crippen molar-refractivity contribution in [2.75, 3.05) is 13.2 Å². The van der Waals surface area contributed by atoms with Crippen LogP contribution in [0.2, 0.25) is 0 Å². The summed E-state index contributed by atoms with van der Waals surface area (Å²) in [5.41, 5.74) is 1.41. The number of hydrogen-bond acceptors (Lipinski definition) is 2. The van der Waals surface area contributed by atoms with E-state index in [9.17, 15) is 0 Å². The Bertz CT molecular complexity index is 129. The van der Waals surface area contributed by atoms with Crippen LogP contribution < -0.4 is 0 Å². The summed E-state index contributed by atoms with van der Waals surface area (Å²) in [5.74, 6) is 0. The van der Waals surface area contributed by atoms with E-state index < -0.39 is 0 Å². The van der Waals surface area contributed by atoms with E-state index in [1.165, 1.54) is 5.57 Å². The van der Waals surface area contributed by atoms with Gasteiger partial charge in [0.05, 0.1) is 19.3 Å². The molecule has 1 heterocycles. The summed E-state index contributed by atoms with van der Waals surface area (Å²) >= 11 is 0. The van der Waals surface area contributed by atoms with Gasteiger partial charge in [-0.15, -0.1) is 0 Å². The van der Waals surface area contributed by atoms with Gasteiger partial charge < -0.3 is 9.84 Å². The Balaban J connectivity index is 2.40. The topological polar surface area (TPSA) is 29.5 Å². The summed E-state index contributed by atoms with van der Waals surface area (Å²) < 4.78 is 5.23. The zero-order valence-electron chi connectivity index (χ0n) is 6.34. The maximum atomic E-state index is 8.75. The van der Waals surface area contributed by atoms with E-state index in [0.29, 0.717) is 6.61 Å². The van der Waals surface area contributed by atoms with Crippen LogP contribution in [0.25, 0.3) is 0 Å². The normalized spacial score (nSPS) is 26.2. The molecule has 0 aromatic rings. The Morgan fingerprint density at radius 1 is 1.80 bits per heavy atom. The average molecular weight is 142 g/mol. The quantitative estimate of drug-likeness (QED) is 0.585. The number of ether oxygens (including phenoxy) is 1. The fourth-order valence-corrected chi connectivity index (χ4v) is 1.14. The summed E-state index contributed by atoms with van der Waals surface area (Å²) in [7, 11) is 0. The van der Waals surface area contributed by atoms with Gasteiger partial charge in [-0.3, -0.25) is 0 Å². The van der Waals surface area contributed by atoms with Crippen molar-refractivity contribution in [1.29, 1.82) is 0 Å². The number of rotatable bonds is 2. The van der Waals surface area contributed by atoms with Gasteiger partial charge in [-0.25, -0.2) is 0 Å². The lowest BCUT2D eigenvalue weighted by atomic mass is 10.0. The summed E-state index contributed by atoms with van der Waals surface area (Å²) in [4.78, 5) is 0. The molecule has 1 unspecified atom stereocenters. The van der Waals surface area contributed by atoms with Gasteiger partial charge in [0.25, 0.3) is 0 Å². The van der Waals surface area contributed by atoms with Crippen molar-refractivity contribution in [1.82, 2.24) is 0 Å². The molecule has 0 radical (unpaired) electrons. The van der Waals surface area contributed by atoms with Gasteiger partial charge >= 0.3 is 0 Å². The van der Waals surface area contributed by atoms with E-state index >= 15 is 0 Å². The third-order valence-electron chi connectivity index (χ3n) is 1.85. The minimum Gasteiger partial charge on any atom is -0.394 e. The smallest absolute Gasteiger partial charge is 0.0846 e. The second kappa shape index (κ2) is 3.74. The van der Waals surface area contributed by atoms with Gasteiger partial charge in [-0.05, 0) is 12.8 Å². The van der Waals surface area contributed by atoms with Crippen molar-refractivity contribution in [3.63, 3.8) is 0 Å². The Morgan fingerprint density at radius 3 is 3.20 bits per heavy atom. The maximum Gasteiger partial charge on any atom is 0.0846 e. The molecule has 0 fully saturated rings. The summed E-state index contributed by atoms with van der Waals surface area (Å²) in [6.45, 7) is 2.96. The molecular formula is C8H14O2. The van der Waals surface area contributed by atoms with Gasteiger partial charge in [0.15, 0.2) is 0 Å². The molecule has 0 saturated carbocycles. The van der Waals surface area contributed by atoms with Gasteiger partial charge in [-0.1, -0.05) is 18.6 Å². The fourth-order valence-electron chi connectivity index (χ4n) is 1.14. The largest absolute Gasteiger partial charge is 0.394 e. The molecule has 1 aliphatic heterocycles. The fraction of sp³-hybridized carbons (Fsp3) is 0.750. The van der Waals surface area contributed by atoms with Crippen molar-refractivity contribution in [3.8, 4) is 0 Å². The molecule has 0 spiro atoms. The van der Waals surface area contributed by atoms with E-state index in [-0.39, 0.29) is 12.7 Å². The molecule has 0 bridgehead atoms. The number of aliphatic hydroxyl groups is 1. The van der Waals surface area contributed by atoms with E-state index in [0.717, 1.165) is 12.8 Å². The Hall–Kier alpha value is -0.340. The average Bonchev–Trinajstić information content (AvgIpc) is 2.05. The Labute approximate surface area is 61.5 Å². The van der Waals surface area contributed by atoms with Gasteiger partial charge in [0, 0.05) is 0 Å². The zero-order valence-corrected chi connectivity index (χ0v) is 6.34. The van der Waals surface area contributed by atoms with Gasteiger partial charge in [-0.2, -0.15) is 0 Å². The Morgan fingerprint density at radius 2 is 2.60 bits per heavy atom. The molecule has 0 aromatic heterocycles. The minimum absolute atomic E-state index is 0.0555. The van der Waals surface area contributed by atoms with E-state index in [4.69, 9.17) is 9.84 Å². The molecule has 1 aliphatic rings. The van der Waals surface area contributed by atoms with Crippen LogP contribution in [0, 0.1) is 0 Å². The summed E-state index contributed by atoms with van der Waals surface area (Å²) in [6, 6.07) is 0. The van der Waals surface area contributed by atoms with Crippen LogP contribution in [0.4, 0.5) is 0 Å². The van der Waals surface area contributed by atoms with Crippen LogP contribution in [0.15, 0.2) is 11.6 Å². The molecule has 0 aromatic carbocycles. The van der Waals surface area contributed by atoms with Gasteiger partial charge in [0.1, 0.15) is 0 Å². The Kier molecular flexibility index (Phi) is 2.90. The molecule has 2 heteroatoms.